The number of nitrogens with one attached hydrogen (secondary N) is 1. The molecule has 2 aromatic heterocycles. The van der Waals surface area contributed by atoms with Crippen LogP contribution >= 0.6 is 11.3 Å². The highest BCUT2D eigenvalue weighted by Gasteiger charge is 2.19. The molecule has 0 saturated carbocycles. The lowest BCUT2D eigenvalue weighted by molar-refractivity contribution is 0.103. The van der Waals surface area contributed by atoms with Gasteiger partial charge in [-0.15, -0.1) is 17.9 Å². The van der Waals surface area contributed by atoms with Crippen molar-refractivity contribution < 1.29 is 4.79 Å². The van der Waals surface area contributed by atoms with Crippen molar-refractivity contribution in [2.75, 3.05) is 5.32 Å². The molecule has 0 bridgehead atoms. The molecular formula is C19H19N3O2S. The van der Waals surface area contributed by atoms with E-state index in [9.17, 15) is 9.59 Å². The first-order valence-electron chi connectivity index (χ1n) is 7.90. The van der Waals surface area contributed by atoms with Crippen LogP contribution in [0.3, 0.4) is 0 Å². The molecule has 1 aromatic carbocycles. The molecule has 3 aromatic rings. The smallest absolute Gasteiger partial charge is 0.266 e. The molecule has 0 fully saturated rings. The highest BCUT2D eigenvalue weighted by atomic mass is 32.1. The maximum absolute atomic E-state index is 12.7. The van der Waals surface area contributed by atoms with Crippen molar-refractivity contribution in [2.24, 2.45) is 0 Å². The summed E-state index contributed by atoms with van der Waals surface area (Å²) in [5.74, 6) is -0.220. The highest BCUT2D eigenvalue weighted by Crippen LogP contribution is 2.28. The summed E-state index contributed by atoms with van der Waals surface area (Å²) in [6.45, 7) is 9.79. The third-order valence-corrected chi connectivity index (χ3v) is 5.28. The summed E-state index contributed by atoms with van der Waals surface area (Å²) in [6, 6.07) is 5.86. The molecule has 0 aliphatic carbocycles. The standard InChI is InChI=1S/C19H19N3O2S/c1-5-8-22-10-20-18-15(19(22)24)13(4)16(25-18)17(23)21-14-7-6-11(2)9-12(14)3/h5-7,9-10H,1,8H2,2-4H3,(H,21,23). The topological polar surface area (TPSA) is 64.0 Å². The Balaban J connectivity index is 2.02. The molecular weight excluding hydrogens is 334 g/mol. The monoisotopic (exact) mass is 353 g/mol. The zero-order valence-electron chi connectivity index (χ0n) is 14.4. The fourth-order valence-corrected chi connectivity index (χ4v) is 3.81. The van der Waals surface area contributed by atoms with E-state index >= 15 is 0 Å². The number of hydrogen-bond acceptors (Lipinski definition) is 4. The fourth-order valence-electron chi connectivity index (χ4n) is 2.78. The normalized spacial score (nSPS) is 10.8. The number of amides is 1. The summed E-state index contributed by atoms with van der Waals surface area (Å²) in [5, 5.41) is 3.43. The summed E-state index contributed by atoms with van der Waals surface area (Å²) in [7, 11) is 0. The number of aryl methyl sites for hydroxylation is 3. The minimum atomic E-state index is -0.220. The first-order chi connectivity index (χ1) is 11.9. The number of hydrogen-bond donors (Lipinski definition) is 1. The van der Waals surface area contributed by atoms with Gasteiger partial charge in [0.15, 0.2) is 0 Å². The Labute approximate surface area is 149 Å². The lowest BCUT2D eigenvalue weighted by atomic mass is 10.1. The minimum absolute atomic E-state index is 0.149. The quantitative estimate of drug-likeness (QED) is 0.725. The zero-order valence-corrected chi connectivity index (χ0v) is 15.2. The number of carbonyl (C=O) groups is 1. The molecule has 0 aliphatic rings. The number of nitrogens with zero attached hydrogens (tertiary/aromatic N) is 2. The van der Waals surface area contributed by atoms with Crippen molar-refractivity contribution in [2.45, 2.75) is 27.3 Å². The molecule has 1 N–H and O–H groups in total. The summed E-state index contributed by atoms with van der Waals surface area (Å²) < 4.78 is 1.49. The Bertz CT molecular complexity index is 1050. The predicted octanol–water partition coefficient (Wildman–Crippen LogP) is 3.82. The second-order valence-corrected chi connectivity index (χ2v) is 7.00. The predicted molar refractivity (Wildman–Crippen MR) is 103 cm³/mol. The van der Waals surface area contributed by atoms with Gasteiger partial charge in [0.05, 0.1) is 16.6 Å². The van der Waals surface area contributed by atoms with E-state index in [0.29, 0.717) is 27.2 Å². The van der Waals surface area contributed by atoms with Gasteiger partial charge in [-0.25, -0.2) is 4.98 Å². The van der Waals surface area contributed by atoms with Crippen LogP contribution in [0.4, 0.5) is 5.69 Å². The second kappa shape index (κ2) is 6.64. The molecule has 5 nitrogen and oxygen atoms in total. The van der Waals surface area contributed by atoms with Gasteiger partial charge in [-0.1, -0.05) is 23.8 Å². The Hall–Kier alpha value is -2.73. The van der Waals surface area contributed by atoms with E-state index in [0.717, 1.165) is 16.8 Å². The van der Waals surface area contributed by atoms with Crippen LogP contribution in [0.25, 0.3) is 10.2 Å². The van der Waals surface area contributed by atoms with Gasteiger partial charge in [0.1, 0.15) is 4.83 Å². The van der Waals surface area contributed by atoms with Crippen molar-refractivity contribution >= 4 is 33.1 Å². The van der Waals surface area contributed by atoms with Crippen LogP contribution in [0, 0.1) is 20.8 Å². The van der Waals surface area contributed by atoms with Crippen molar-refractivity contribution in [3.8, 4) is 0 Å². The van der Waals surface area contributed by atoms with Crippen LogP contribution < -0.4 is 10.9 Å². The van der Waals surface area contributed by atoms with Crippen molar-refractivity contribution in [1.82, 2.24) is 9.55 Å². The summed E-state index contributed by atoms with van der Waals surface area (Å²) in [5.41, 5.74) is 3.42. The Morgan fingerprint density at radius 3 is 2.80 bits per heavy atom. The summed E-state index contributed by atoms with van der Waals surface area (Å²) >= 11 is 1.24. The SMILES string of the molecule is C=CCn1cnc2sc(C(=O)Nc3ccc(C)cc3C)c(C)c2c1=O. The third-order valence-electron chi connectivity index (χ3n) is 4.08. The maximum Gasteiger partial charge on any atom is 0.266 e. The van der Waals surface area contributed by atoms with Crippen LogP contribution in [0.1, 0.15) is 26.4 Å². The minimum Gasteiger partial charge on any atom is -0.321 e. The zero-order chi connectivity index (χ0) is 18.1. The summed E-state index contributed by atoms with van der Waals surface area (Å²) in [4.78, 5) is 30.7. The lowest BCUT2D eigenvalue weighted by Crippen LogP contribution is -2.20. The van der Waals surface area contributed by atoms with Crippen LogP contribution in [-0.4, -0.2) is 15.5 Å². The van der Waals surface area contributed by atoms with E-state index in [-0.39, 0.29) is 11.5 Å². The molecule has 25 heavy (non-hydrogen) atoms. The number of fused-ring (bicyclic) bond motifs is 1. The van der Waals surface area contributed by atoms with Crippen LogP contribution in [0.5, 0.6) is 0 Å². The second-order valence-electron chi connectivity index (χ2n) is 6.00. The fraction of sp³-hybridized carbons (Fsp3) is 0.211. The Kier molecular flexibility index (Phi) is 4.55. The van der Waals surface area contributed by atoms with Gasteiger partial charge in [0, 0.05) is 12.2 Å². The van der Waals surface area contributed by atoms with Crippen LogP contribution in [-0.2, 0) is 6.54 Å². The average Bonchev–Trinajstić information content (AvgIpc) is 2.90. The van der Waals surface area contributed by atoms with Gasteiger partial charge in [-0.2, -0.15) is 0 Å². The number of allylic oxidation sites excluding steroid dienone is 1. The Morgan fingerprint density at radius 1 is 1.36 bits per heavy atom. The maximum atomic E-state index is 12.7. The average molecular weight is 353 g/mol. The number of aromatic nitrogens is 2. The molecule has 0 atom stereocenters. The third kappa shape index (κ3) is 3.13. The number of benzene rings is 1. The van der Waals surface area contributed by atoms with E-state index in [1.54, 1.807) is 13.0 Å². The largest absolute Gasteiger partial charge is 0.321 e. The van der Waals surface area contributed by atoms with Gasteiger partial charge in [0.25, 0.3) is 11.5 Å². The molecule has 0 radical (unpaired) electrons. The molecule has 0 unspecified atom stereocenters. The van der Waals surface area contributed by atoms with Crippen molar-refractivity contribution in [3.63, 3.8) is 0 Å². The van der Waals surface area contributed by atoms with Crippen LogP contribution in [0.15, 0.2) is 42.0 Å². The van der Waals surface area contributed by atoms with Crippen LogP contribution in [0.2, 0.25) is 0 Å². The van der Waals surface area contributed by atoms with Crippen molar-refractivity contribution in [1.29, 1.82) is 0 Å². The molecule has 3 rings (SSSR count). The molecule has 1 amide bonds. The molecule has 0 aliphatic heterocycles. The Morgan fingerprint density at radius 2 is 2.12 bits per heavy atom. The number of anilines is 1. The van der Waals surface area contributed by atoms with E-state index in [2.05, 4.69) is 16.9 Å². The van der Waals surface area contributed by atoms with Gasteiger partial charge in [-0.3, -0.25) is 14.2 Å². The number of rotatable bonds is 4. The number of carbonyl (C=O) groups excluding carboxylic acids is 1. The van der Waals surface area contributed by atoms with E-state index in [4.69, 9.17) is 0 Å². The van der Waals surface area contributed by atoms with Gasteiger partial charge in [-0.05, 0) is 38.0 Å². The summed E-state index contributed by atoms with van der Waals surface area (Å²) in [6.07, 6.45) is 3.14. The highest BCUT2D eigenvalue weighted by molar-refractivity contribution is 7.20. The first-order valence-corrected chi connectivity index (χ1v) is 8.72. The molecule has 0 spiro atoms. The van der Waals surface area contributed by atoms with Gasteiger partial charge in [0.2, 0.25) is 0 Å². The van der Waals surface area contributed by atoms with Gasteiger partial charge >= 0.3 is 0 Å². The van der Waals surface area contributed by atoms with E-state index < -0.39 is 0 Å². The molecule has 128 valence electrons. The lowest BCUT2D eigenvalue weighted by Gasteiger charge is -2.08. The number of thiophene rings is 1. The van der Waals surface area contributed by atoms with E-state index in [1.807, 2.05) is 32.0 Å². The molecule has 0 saturated heterocycles. The van der Waals surface area contributed by atoms with Crippen molar-refractivity contribution in [3.05, 3.63) is 69.1 Å². The molecule has 6 heteroatoms. The first kappa shape index (κ1) is 17.1. The van der Waals surface area contributed by atoms with E-state index in [1.165, 1.54) is 22.2 Å². The molecule has 2 heterocycles. The van der Waals surface area contributed by atoms with Gasteiger partial charge < -0.3 is 5.32 Å².